The molecule has 4 N–H and O–H groups in total. The first-order valence-corrected chi connectivity index (χ1v) is 25.8. The number of halogens is 16. The van der Waals surface area contributed by atoms with E-state index in [0.29, 0.717) is 46.8 Å². The minimum absolute atomic E-state index is 0.00448. The van der Waals surface area contributed by atoms with E-state index >= 15 is 0 Å². The number of aromatic nitrogens is 9. The molecule has 5 heterocycles. The van der Waals surface area contributed by atoms with E-state index in [1.165, 1.54) is 85.2 Å². The molecule has 91 heavy (non-hydrogen) atoms. The standard InChI is InChI=1S/C16H8F6N2O.C16H10F3N3O.C15H8F4N2O.C15H9F3N2O/c17-15(18,19)8-5-6-9(11(7-8)16(20,21)22)13-23-12-4-2-1-3-10(12)14(25)24-13;17-16(18,19)12-4-2-1-3-11(12)15-21-13(9-14(23)22-15)10-5-7-20-8-6-10;16-8-5-6-11(15(17,18)19)10(7-8)13-20-12-4-2-1-3-9(12)14(22)21-13;16-15(17,18)11-7-3-1-5-9(11)13-19-12-8-4-2-6-10(12)14(21)20-13/h1-7H,(H,23,24,25);1-9H,(H,21,22,23);1-7H,(H,20,21,22);1-8H,(H,19,20,21). The van der Waals surface area contributed by atoms with Crippen LogP contribution in [0.4, 0.5) is 70.2 Å². The van der Waals surface area contributed by atoms with Crippen LogP contribution in [0, 0.1) is 5.82 Å². The second-order valence-corrected chi connectivity index (χ2v) is 19.0. The molecule has 12 rings (SSSR count). The second-order valence-electron chi connectivity index (χ2n) is 19.0. The van der Waals surface area contributed by atoms with Crippen molar-refractivity contribution in [1.29, 1.82) is 0 Å². The maximum Gasteiger partial charge on any atom is 0.417 e. The van der Waals surface area contributed by atoms with Crippen molar-refractivity contribution in [2.75, 3.05) is 0 Å². The molecule has 464 valence electrons. The summed E-state index contributed by atoms with van der Waals surface area (Å²) in [5, 5.41) is 0.744. The van der Waals surface area contributed by atoms with E-state index in [4.69, 9.17) is 0 Å². The zero-order chi connectivity index (χ0) is 65.8. The summed E-state index contributed by atoms with van der Waals surface area (Å²) in [6.45, 7) is 0. The first kappa shape index (κ1) is 64.3. The highest BCUT2D eigenvalue weighted by Gasteiger charge is 2.40. The number of nitrogens with one attached hydrogen (secondary N) is 4. The number of aromatic amines is 4. The Balaban J connectivity index is 0.000000144. The average molecular weight is 1270 g/mol. The van der Waals surface area contributed by atoms with Gasteiger partial charge in [-0.15, -0.1) is 0 Å². The number of pyridine rings is 1. The molecule has 0 aliphatic carbocycles. The Morgan fingerprint density at radius 3 is 1.12 bits per heavy atom. The van der Waals surface area contributed by atoms with Gasteiger partial charge in [0, 0.05) is 46.3 Å². The quantitative estimate of drug-likeness (QED) is 0.121. The Bertz CT molecular complexity index is 4910. The van der Waals surface area contributed by atoms with Crippen molar-refractivity contribution in [2.24, 2.45) is 0 Å². The van der Waals surface area contributed by atoms with Gasteiger partial charge in [-0.05, 0) is 91.0 Å². The largest absolute Gasteiger partial charge is 0.417 e. The first-order valence-electron chi connectivity index (χ1n) is 25.8. The minimum atomic E-state index is -5.05. The molecule has 29 heteroatoms. The Labute approximate surface area is 497 Å². The molecule has 12 aromatic rings. The molecule has 5 aromatic heterocycles. The Morgan fingerprint density at radius 2 is 0.692 bits per heavy atom. The average Bonchev–Trinajstić information content (AvgIpc) is 0.861. The summed E-state index contributed by atoms with van der Waals surface area (Å²) in [5.74, 6) is -1.84. The Kier molecular flexibility index (Phi) is 18.1. The number of nitrogens with zero attached hydrogens (tertiary/aromatic N) is 5. The minimum Gasteiger partial charge on any atom is -0.306 e. The highest BCUT2D eigenvalue weighted by molar-refractivity contribution is 5.82. The van der Waals surface area contributed by atoms with Gasteiger partial charge in [0.15, 0.2) is 0 Å². The van der Waals surface area contributed by atoms with Crippen molar-refractivity contribution < 1.29 is 70.2 Å². The summed E-state index contributed by atoms with van der Waals surface area (Å²) in [5.41, 5.74) is -7.84. The first-order chi connectivity index (χ1) is 42.8. The fourth-order valence-electron chi connectivity index (χ4n) is 8.89. The summed E-state index contributed by atoms with van der Waals surface area (Å²) in [6.07, 6.45) is -20.7. The van der Waals surface area contributed by atoms with Gasteiger partial charge in [0.1, 0.15) is 29.1 Å². The summed E-state index contributed by atoms with van der Waals surface area (Å²) in [4.78, 5) is 77.1. The molecular formula is C62H35F16N9O4. The predicted molar refractivity (Wildman–Crippen MR) is 302 cm³/mol. The van der Waals surface area contributed by atoms with Crippen LogP contribution in [0.25, 0.3) is 89.5 Å². The van der Waals surface area contributed by atoms with Gasteiger partial charge in [-0.3, -0.25) is 24.2 Å². The van der Waals surface area contributed by atoms with Crippen molar-refractivity contribution in [3.63, 3.8) is 0 Å². The number of hydrogen-bond acceptors (Lipinski definition) is 9. The third kappa shape index (κ3) is 15.1. The van der Waals surface area contributed by atoms with Gasteiger partial charge in [0.05, 0.1) is 66.2 Å². The lowest BCUT2D eigenvalue weighted by Gasteiger charge is -2.15. The van der Waals surface area contributed by atoms with Crippen LogP contribution in [0.1, 0.15) is 27.8 Å². The second kappa shape index (κ2) is 25.5. The van der Waals surface area contributed by atoms with Crippen LogP contribution in [0.5, 0.6) is 0 Å². The predicted octanol–water partition coefficient (Wildman–Crippen LogP) is 15.5. The van der Waals surface area contributed by atoms with Crippen molar-refractivity contribution >= 4 is 32.7 Å². The van der Waals surface area contributed by atoms with E-state index in [-0.39, 0.29) is 62.2 Å². The van der Waals surface area contributed by atoms with Crippen molar-refractivity contribution in [2.45, 2.75) is 30.9 Å². The van der Waals surface area contributed by atoms with Gasteiger partial charge < -0.3 is 19.9 Å². The summed E-state index contributed by atoms with van der Waals surface area (Å²) < 4.78 is 209. The van der Waals surface area contributed by atoms with Crippen LogP contribution in [0.3, 0.4) is 0 Å². The molecule has 0 bridgehead atoms. The Hall–Kier alpha value is -11.1. The zero-order valence-electron chi connectivity index (χ0n) is 45.3. The SMILES string of the molecule is O=c1[nH]c(-c2cc(F)ccc2C(F)(F)F)nc2ccccc12.O=c1[nH]c(-c2ccc(C(F)(F)F)cc2C(F)(F)F)nc2ccccc12.O=c1[nH]c(-c2ccccc2C(F)(F)F)nc2ccccc12.O=c1cc(-c2ccncc2)nc(-c2ccccc2C(F)(F)F)[nH]1. The molecule has 0 aliphatic rings. The van der Waals surface area contributed by atoms with Gasteiger partial charge in [0.2, 0.25) is 0 Å². The fourth-order valence-corrected chi connectivity index (χ4v) is 8.89. The van der Waals surface area contributed by atoms with Gasteiger partial charge in [-0.2, -0.15) is 65.9 Å². The molecule has 0 amide bonds. The van der Waals surface area contributed by atoms with Crippen LogP contribution < -0.4 is 22.2 Å². The number of para-hydroxylation sites is 3. The van der Waals surface area contributed by atoms with Crippen molar-refractivity contribution in [3.05, 3.63) is 263 Å². The number of fused-ring (bicyclic) bond motifs is 3. The number of alkyl halides is 15. The molecule has 7 aromatic carbocycles. The molecule has 13 nitrogen and oxygen atoms in total. The summed E-state index contributed by atoms with van der Waals surface area (Å²) in [7, 11) is 0. The van der Waals surface area contributed by atoms with Crippen LogP contribution in [-0.4, -0.2) is 44.9 Å². The molecule has 0 aliphatic heterocycles. The van der Waals surface area contributed by atoms with E-state index in [1.54, 1.807) is 54.6 Å². The van der Waals surface area contributed by atoms with E-state index in [2.05, 4.69) is 44.9 Å². The lowest BCUT2D eigenvalue weighted by molar-refractivity contribution is -0.143. The molecular weight excluding hydrogens is 1240 g/mol. The number of rotatable bonds is 5. The van der Waals surface area contributed by atoms with Crippen LogP contribution in [0.15, 0.2) is 207 Å². The number of H-pyrrole nitrogens is 4. The van der Waals surface area contributed by atoms with E-state index in [1.807, 2.05) is 0 Å². The van der Waals surface area contributed by atoms with Crippen LogP contribution in [0.2, 0.25) is 0 Å². The monoisotopic (exact) mass is 1270 g/mol. The maximum absolute atomic E-state index is 13.3. The molecule has 0 fully saturated rings. The summed E-state index contributed by atoms with van der Waals surface area (Å²) in [6, 6.07) is 36.4. The highest BCUT2D eigenvalue weighted by atomic mass is 19.4. The van der Waals surface area contributed by atoms with Crippen molar-refractivity contribution in [3.8, 4) is 56.8 Å². The third-order valence-corrected chi connectivity index (χ3v) is 13.0. The molecule has 0 atom stereocenters. The van der Waals surface area contributed by atoms with E-state index < -0.39 is 104 Å². The molecule has 0 unspecified atom stereocenters. The molecule has 0 saturated carbocycles. The number of hydrogen-bond donors (Lipinski definition) is 4. The maximum atomic E-state index is 13.3. The highest BCUT2D eigenvalue weighted by Crippen LogP contribution is 2.42. The topological polar surface area (TPSA) is 196 Å². The normalized spacial score (nSPS) is 11.9. The summed E-state index contributed by atoms with van der Waals surface area (Å²) >= 11 is 0. The van der Waals surface area contributed by atoms with E-state index in [0.717, 1.165) is 12.1 Å². The van der Waals surface area contributed by atoms with Gasteiger partial charge in [0.25, 0.3) is 22.2 Å². The van der Waals surface area contributed by atoms with Crippen LogP contribution in [-0.2, 0) is 30.9 Å². The molecule has 0 spiro atoms. The van der Waals surface area contributed by atoms with Crippen LogP contribution >= 0.6 is 0 Å². The lowest BCUT2D eigenvalue weighted by Crippen LogP contribution is -2.15. The lowest BCUT2D eigenvalue weighted by atomic mass is 10.0. The van der Waals surface area contributed by atoms with Crippen molar-refractivity contribution in [1.82, 2.24) is 44.9 Å². The van der Waals surface area contributed by atoms with Gasteiger partial charge in [-0.1, -0.05) is 78.9 Å². The number of benzene rings is 7. The van der Waals surface area contributed by atoms with Gasteiger partial charge >= 0.3 is 30.9 Å². The Morgan fingerprint density at radius 1 is 0.319 bits per heavy atom. The zero-order valence-corrected chi connectivity index (χ0v) is 45.3. The third-order valence-electron chi connectivity index (χ3n) is 13.0. The molecule has 0 saturated heterocycles. The van der Waals surface area contributed by atoms with E-state index in [9.17, 15) is 89.4 Å². The fraction of sp³-hybridized carbons (Fsp3) is 0.0806. The molecule has 0 radical (unpaired) electrons. The smallest absolute Gasteiger partial charge is 0.306 e. The van der Waals surface area contributed by atoms with Gasteiger partial charge in [-0.25, -0.2) is 24.3 Å².